The Balaban J connectivity index is 2.35. The molecule has 1 aromatic heterocycles. The quantitative estimate of drug-likeness (QED) is 0.878. The fourth-order valence-corrected chi connectivity index (χ4v) is 2.45. The summed E-state index contributed by atoms with van der Waals surface area (Å²) >= 11 is 0. The van der Waals surface area contributed by atoms with Crippen LogP contribution in [-0.4, -0.2) is 29.1 Å². The molecule has 1 aliphatic rings. The number of rotatable bonds is 2. The average molecular weight is 252 g/mol. The molecule has 0 unspecified atom stereocenters. The Hall–Kier alpha value is -1.65. The lowest BCUT2D eigenvalue weighted by molar-refractivity contribution is 0.0696. The summed E-state index contributed by atoms with van der Waals surface area (Å²) in [6.45, 7) is 5.79. The number of carbonyl (C=O) groups is 1. The normalized spacial score (nSPS) is 18.7. The third kappa shape index (κ3) is 2.60. The molecule has 0 bridgehead atoms. The average Bonchev–Trinajstić information content (AvgIpc) is 2.27. The second-order valence-electron chi connectivity index (χ2n) is 5.52. The fourth-order valence-electron chi connectivity index (χ4n) is 2.45. The first-order valence-electron chi connectivity index (χ1n) is 6.03. The molecule has 0 aliphatic carbocycles. The third-order valence-electron chi connectivity index (χ3n) is 3.26. The molecule has 2 rings (SSSR count). The van der Waals surface area contributed by atoms with Crippen molar-refractivity contribution in [1.29, 1.82) is 0 Å². The summed E-state index contributed by atoms with van der Waals surface area (Å²) < 4.78 is 13.1. The van der Waals surface area contributed by atoms with Crippen LogP contribution >= 0.6 is 0 Å². The smallest absolute Gasteiger partial charge is 0.339 e. The van der Waals surface area contributed by atoms with E-state index >= 15 is 0 Å². The van der Waals surface area contributed by atoms with Crippen molar-refractivity contribution in [3.8, 4) is 0 Å². The van der Waals surface area contributed by atoms with Crippen molar-refractivity contribution in [2.45, 2.75) is 26.7 Å². The number of hydrogen-bond donors (Lipinski definition) is 1. The molecule has 0 saturated carbocycles. The van der Waals surface area contributed by atoms with Gasteiger partial charge in [0.05, 0.1) is 6.20 Å². The first-order valence-corrected chi connectivity index (χ1v) is 6.03. The largest absolute Gasteiger partial charge is 0.478 e. The third-order valence-corrected chi connectivity index (χ3v) is 3.26. The second kappa shape index (κ2) is 4.55. The van der Waals surface area contributed by atoms with Crippen molar-refractivity contribution in [1.82, 2.24) is 4.98 Å². The van der Waals surface area contributed by atoms with Gasteiger partial charge in [-0.2, -0.15) is 0 Å². The summed E-state index contributed by atoms with van der Waals surface area (Å²) in [4.78, 5) is 17.0. The van der Waals surface area contributed by atoms with E-state index in [0.29, 0.717) is 5.82 Å². The van der Waals surface area contributed by atoms with Gasteiger partial charge in [0.2, 0.25) is 0 Å². The lowest BCUT2D eigenvalue weighted by Crippen LogP contribution is -2.41. The first-order chi connectivity index (χ1) is 8.39. The van der Waals surface area contributed by atoms with Crippen LogP contribution in [0.2, 0.25) is 0 Å². The molecule has 2 heterocycles. The van der Waals surface area contributed by atoms with Crippen molar-refractivity contribution in [3.63, 3.8) is 0 Å². The summed E-state index contributed by atoms with van der Waals surface area (Å²) in [5, 5.41) is 9.12. The van der Waals surface area contributed by atoms with Gasteiger partial charge in [-0.15, -0.1) is 0 Å². The highest BCUT2D eigenvalue weighted by molar-refractivity contribution is 5.93. The summed E-state index contributed by atoms with van der Waals surface area (Å²) in [6, 6.07) is 1.03. The maximum absolute atomic E-state index is 13.1. The molecular formula is C13H17FN2O2. The molecule has 1 aromatic rings. The molecule has 5 heteroatoms. The number of aromatic carboxylic acids is 1. The first kappa shape index (κ1) is 12.8. The topological polar surface area (TPSA) is 53.4 Å². The molecule has 0 aromatic carbocycles. The van der Waals surface area contributed by atoms with E-state index in [0.717, 1.165) is 38.2 Å². The maximum Gasteiger partial charge on any atom is 0.339 e. The predicted molar refractivity (Wildman–Crippen MR) is 66.4 cm³/mol. The Bertz CT molecular complexity index is 474. The van der Waals surface area contributed by atoms with Gasteiger partial charge in [0.1, 0.15) is 17.2 Å². The van der Waals surface area contributed by atoms with Crippen molar-refractivity contribution in [2.75, 3.05) is 18.0 Å². The van der Waals surface area contributed by atoms with Crippen molar-refractivity contribution < 1.29 is 14.3 Å². The van der Waals surface area contributed by atoms with Gasteiger partial charge in [0.25, 0.3) is 0 Å². The van der Waals surface area contributed by atoms with Gasteiger partial charge < -0.3 is 10.0 Å². The molecule has 1 saturated heterocycles. The lowest BCUT2D eigenvalue weighted by atomic mass is 9.84. The van der Waals surface area contributed by atoms with Crippen LogP contribution in [0.25, 0.3) is 0 Å². The molecule has 1 fully saturated rings. The maximum atomic E-state index is 13.1. The zero-order valence-electron chi connectivity index (χ0n) is 10.6. The predicted octanol–water partition coefficient (Wildman–Crippen LogP) is 2.55. The van der Waals surface area contributed by atoms with Gasteiger partial charge in [-0.3, -0.25) is 0 Å². The molecule has 0 radical (unpaired) electrons. The Morgan fingerprint density at radius 3 is 2.89 bits per heavy atom. The Morgan fingerprint density at radius 1 is 1.56 bits per heavy atom. The van der Waals surface area contributed by atoms with Gasteiger partial charge in [-0.1, -0.05) is 13.8 Å². The number of anilines is 1. The monoisotopic (exact) mass is 252 g/mol. The van der Waals surface area contributed by atoms with Gasteiger partial charge in [-0.25, -0.2) is 14.2 Å². The number of carboxylic acid groups (broad SMARTS) is 1. The molecule has 18 heavy (non-hydrogen) atoms. The van der Waals surface area contributed by atoms with Crippen molar-refractivity contribution in [2.24, 2.45) is 5.41 Å². The van der Waals surface area contributed by atoms with E-state index in [1.807, 2.05) is 4.90 Å². The molecular weight excluding hydrogens is 235 g/mol. The van der Waals surface area contributed by atoms with Crippen molar-refractivity contribution in [3.05, 3.63) is 23.6 Å². The number of hydrogen-bond acceptors (Lipinski definition) is 3. The second-order valence-corrected chi connectivity index (χ2v) is 5.52. The minimum absolute atomic E-state index is 0.0623. The van der Waals surface area contributed by atoms with Gasteiger partial charge in [0.15, 0.2) is 0 Å². The lowest BCUT2D eigenvalue weighted by Gasteiger charge is -2.39. The number of pyridine rings is 1. The standard InChI is InChI=1S/C13H17FN2O2/c1-13(2)4-3-5-16(8-13)11-10(12(17)18)6-9(14)7-15-11/h6-7H,3-5,8H2,1-2H3,(H,17,18). The zero-order chi connectivity index (χ0) is 13.3. The molecule has 0 amide bonds. The van der Waals surface area contributed by atoms with E-state index in [2.05, 4.69) is 18.8 Å². The van der Waals surface area contributed by atoms with Crippen LogP contribution in [0.15, 0.2) is 12.3 Å². The van der Waals surface area contributed by atoms with E-state index in [9.17, 15) is 9.18 Å². The number of nitrogens with zero attached hydrogens (tertiary/aromatic N) is 2. The van der Waals surface area contributed by atoms with Crippen LogP contribution in [0.3, 0.4) is 0 Å². The minimum atomic E-state index is -1.14. The van der Waals surface area contributed by atoms with Crippen LogP contribution < -0.4 is 4.90 Å². The summed E-state index contributed by atoms with van der Waals surface area (Å²) in [7, 11) is 0. The summed E-state index contributed by atoms with van der Waals surface area (Å²) in [6.07, 6.45) is 3.17. The Labute approximate surface area is 105 Å². The van der Waals surface area contributed by atoms with E-state index in [1.165, 1.54) is 0 Å². The van der Waals surface area contributed by atoms with Crippen LogP contribution in [0.4, 0.5) is 10.2 Å². The fraction of sp³-hybridized carbons (Fsp3) is 0.538. The van der Waals surface area contributed by atoms with E-state index in [1.54, 1.807) is 0 Å². The Morgan fingerprint density at radius 2 is 2.28 bits per heavy atom. The number of piperidine rings is 1. The number of aromatic nitrogens is 1. The molecule has 4 nitrogen and oxygen atoms in total. The SMILES string of the molecule is CC1(C)CCCN(c2ncc(F)cc2C(=O)O)C1. The van der Waals surface area contributed by atoms with Gasteiger partial charge >= 0.3 is 5.97 Å². The molecule has 1 N–H and O–H groups in total. The van der Waals surface area contributed by atoms with E-state index in [4.69, 9.17) is 5.11 Å². The van der Waals surface area contributed by atoms with E-state index < -0.39 is 11.8 Å². The molecule has 0 atom stereocenters. The van der Waals surface area contributed by atoms with E-state index in [-0.39, 0.29) is 11.0 Å². The highest BCUT2D eigenvalue weighted by Gasteiger charge is 2.29. The van der Waals surface area contributed by atoms with Crippen LogP contribution in [0, 0.1) is 11.2 Å². The Kier molecular flexibility index (Phi) is 3.24. The van der Waals surface area contributed by atoms with Gasteiger partial charge in [0, 0.05) is 13.1 Å². The molecule has 98 valence electrons. The summed E-state index contributed by atoms with van der Waals surface area (Å²) in [5.74, 6) is -1.38. The highest BCUT2D eigenvalue weighted by Crippen LogP contribution is 2.32. The summed E-state index contributed by atoms with van der Waals surface area (Å²) in [5.41, 5.74) is 0.0667. The molecule has 1 aliphatic heterocycles. The van der Waals surface area contributed by atoms with Crippen LogP contribution in [-0.2, 0) is 0 Å². The highest BCUT2D eigenvalue weighted by atomic mass is 19.1. The van der Waals surface area contributed by atoms with Crippen LogP contribution in [0.1, 0.15) is 37.0 Å². The molecule has 0 spiro atoms. The van der Waals surface area contributed by atoms with Gasteiger partial charge in [-0.05, 0) is 24.3 Å². The van der Waals surface area contributed by atoms with Crippen molar-refractivity contribution >= 4 is 11.8 Å². The van der Waals surface area contributed by atoms with Crippen LogP contribution in [0.5, 0.6) is 0 Å². The zero-order valence-corrected chi connectivity index (χ0v) is 10.6. The minimum Gasteiger partial charge on any atom is -0.478 e. The number of halogens is 1. The number of carboxylic acids is 1.